The van der Waals surface area contributed by atoms with Gasteiger partial charge in [0.15, 0.2) is 6.29 Å². The molecule has 1 fully saturated rings. The van der Waals surface area contributed by atoms with E-state index < -0.39 is 5.67 Å². The summed E-state index contributed by atoms with van der Waals surface area (Å²) >= 11 is 0. The average Bonchev–Trinajstić information content (AvgIpc) is 2.29. The predicted molar refractivity (Wildman–Crippen MR) is 62.8 cm³/mol. The van der Waals surface area contributed by atoms with Crippen molar-refractivity contribution in [3.05, 3.63) is 29.8 Å². The molecule has 1 heterocycles. The number of alkyl halides is 1. The van der Waals surface area contributed by atoms with Crippen molar-refractivity contribution in [3.8, 4) is 0 Å². The van der Waals surface area contributed by atoms with Crippen LogP contribution in [0.3, 0.4) is 0 Å². The minimum atomic E-state index is -1.05. The Hall–Kier alpha value is -1.38. The Morgan fingerprint density at radius 3 is 2.56 bits per heavy atom. The Kier molecular flexibility index (Phi) is 2.95. The smallest absolute Gasteiger partial charge is 0.152 e. The van der Waals surface area contributed by atoms with Gasteiger partial charge < -0.3 is 4.90 Å². The SMILES string of the molecule is CC1(F)CCN(c2ccccc2C=O)CC1. The van der Waals surface area contributed by atoms with Crippen LogP contribution in [-0.2, 0) is 0 Å². The molecule has 1 aromatic carbocycles. The summed E-state index contributed by atoms with van der Waals surface area (Å²) in [5.74, 6) is 0. The van der Waals surface area contributed by atoms with E-state index in [1.165, 1.54) is 0 Å². The first-order chi connectivity index (χ1) is 7.62. The first-order valence-electron chi connectivity index (χ1n) is 5.60. The van der Waals surface area contributed by atoms with Gasteiger partial charge in [-0.05, 0) is 31.9 Å². The maximum Gasteiger partial charge on any atom is 0.152 e. The van der Waals surface area contributed by atoms with Crippen molar-refractivity contribution < 1.29 is 9.18 Å². The molecule has 1 aliphatic rings. The summed E-state index contributed by atoms with van der Waals surface area (Å²) in [7, 11) is 0. The molecule has 1 aliphatic heterocycles. The van der Waals surface area contributed by atoms with Crippen LogP contribution in [0.15, 0.2) is 24.3 Å². The molecule has 86 valence electrons. The van der Waals surface area contributed by atoms with Gasteiger partial charge in [0, 0.05) is 24.3 Å². The molecule has 2 nitrogen and oxygen atoms in total. The summed E-state index contributed by atoms with van der Waals surface area (Å²) in [4.78, 5) is 13.0. The van der Waals surface area contributed by atoms with Crippen LogP contribution in [0.1, 0.15) is 30.1 Å². The van der Waals surface area contributed by atoms with Gasteiger partial charge in [-0.3, -0.25) is 4.79 Å². The zero-order valence-corrected chi connectivity index (χ0v) is 9.45. The second kappa shape index (κ2) is 4.24. The second-order valence-corrected chi connectivity index (χ2v) is 4.58. The van der Waals surface area contributed by atoms with E-state index in [-0.39, 0.29) is 0 Å². The highest BCUT2D eigenvalue weighted by Gasteiger charge is 2.29. The van der Waals surface area contributed by atoms with E-state index in [1.807, 2.05) is 18.2 Å². The van der Waals surface area contributed by atoms with E-state index in [1.54, 1.807) is 13.0 Å². The van der Waals surface area contributed by atoms with Crippen LogP contribution in [0.2, 0.25) is 0 Å². The summed E-state index contributed by atoms with van der Waals surface area (Å²) in [6.07, 6.45) is 1.92. The Balaban J connectivity index is 2.17. The summed E-state index contributed by atoms with van der Waals surface area (Å²) in [6, 6.07) is 7.47. The van der Waals surface area contributed by atoms with Crippen molar-refractivity contribution in [1.82, 2.24) is 0 Å². The molecule has 1 aromatic rings. The summed E-state index contributed by atoms with van der Waals surface area (Å²) < 4.78 is 13.6. The number of carbonyl (C=O) groups excluding carboxylic acids is 1. The number of para-hydroxylation sites is 1. The third kappa shape index (κ3) is 2.23. The minimum absolute atomic E-state index is 0.528. The van der Waals surface area contributed by atoms with Gasteiger partial charge in [-0.25, -0.2) is 4.39 Å². The van der Waals surface area contributed by atoms with Gasteiger partial charge in [-0.2, -0.15) is 0 Å². The highest BCUT2D eigenvalue weighted by atomic mass is 19.1. The number of benzene rings is 1. The molecule has 0 radical (unpaired) electrons. The molecule has 0 amide bonds. The molecule has 0 bridgehead atoms. The second-order valence-electron chi connectivity index (χ2n) is 4.58. The van der Waals surface area contributed by atoms with Crippen molar-refractivity contribution in [2.75, 3.05) is 18.0 Å². The van der Waals surface area contributed by atoms with Crippen LogP contribution in [0.25, 0.3) is 0 Å². The van der Waals surface area contributed by atoms with E-state index in [4.69, 9.17) is 0 Å². The quantitative estimate of drug-likeness (QED) is 0.716. The van der Waals surface area contributed by atoms with E-state index >= 15 is 0 Å². The molecule has 0 atom stereocenters. The summed E-state index contributed by atoms with van der Waals surface area (Å²) in [6.45, 7) is 3.01. The first kappa shape index (κ1) is 11.1. The number of piperidine rings is 1. The number of anilines is 1. The molecule has 3 heteroatoms. The lowest BCUT2D eigenvalue weighted by Gasteiger charge is -2.36. The lowest BCUT2D eigenvalue weighted by atomic mass is 9.95. The lowest BCUT2D eigenvalue weighted by Crippen LogP contribution is -2.40. The van der Waals surface area contributed by atoms with Gasteiger partial charge >= 0.3 is 0 Å². The normalized spacial score (nSPS) is 19.5. The summed E-state index contributed by atoms with van der Waals surface area (Å²) in [5, 5.41) is 0. The lowest BCUT2D eigenvalue weighted by molar-refractivity contribution is 0.112. The third-order valence-electron chi connectivity index (χ3n) is 3.21. The van der Waals surface area contributed by atoms with Gasteiger partial charge in [0.2, 0.25) is 0 Å². The van der Waals surface area contributed by atoms with Crippen LogP contribution < -0.4 is 4.90 Å². The fourth-order valence-corrected chi connectivity index (χ4v) is 2.09. The number of halogens is 1. The molecule has 1 saturated heterocycles. The first-order valence-corrected chi connectivity index (χ1v) is 5.60. The zero-order chi connectivity index (χ0) is 11.6. The number of hydrogen-bond donors (Lipinski definition) is 0. The van der Waals surface area contributed by atoms with Crippen LogP contribution in [0.4, 0.5) is 10.1 Å². The number of rotatable bonds is 2. The van der Waals surface area contributed by atoms with E-state index in [0.717, 1.165) is 12.0 Å². The van der Waals surface area contributed by atoms with E-state index in [9.17, 15) is 9.18 Å². The molecule has 2 rings (SSSR count). The maximum atomic E-state index is 13.6. The van der Waals surface area contributed by atoms with E-state index in [0.29, 0.717) is 31.5 Å². The van der Waals surface area contributed by atoms with Crippen molar-refractivity contribution >= 4 is 12.0 Å². The fourth-order valence-electron chi connectivity index (χ4n) is 2.09. The number of hydrogen-bond acceptors (Lipinski definition) is 2. The maximum absolute atomic E-state index is 13.6. The fraction of sp³-hybridized carbons (Fsp3) is 0.462. The van der Waals surface area contributed by atoms with Gasteiger partial charge in [0.1, 0.15) is 5.67 Å². The monoisotopic (exact) mass is 221 g/mol. The zero-order valence-electron chi connectivity index (χ0n) is 9.45. The number of carbonyl (C=O) groups is 1. The molecule has 0 aromatic heterocycles. The molecule has 0 spiro atoms. The van der Waals surface area contributed by atoms with Crippen molar-refractivity contribution in [2.24, 2.45) is 0 Å². The van der Waals surface area contributed by atoms with Crippen molar-refractivity contribution in [2.45, 2.75) is 25.4 Å². The summed E-state index contributed by atoms with van der Waals surface area (Å²) in [5.41, 5.74) is 0.560. The van der Waals surface area contributed by atoms with Crippen LogP contribution in [0.5, 0.6) is 0 Å². The van der Waals surface area contributed by atoms with Gasteiger partial charge in [0.05, 0.1) is 0 Å². The third-order valence-corrected chi connectivity index (χ3v) is 3.21. The molecule has 0 N–H and O–H groups in total. The topological polar surface area (TPSA) is 20.3 Å². The average molecular weight is 221 g/mol. The Morgan fingerprint density at radius 2 is 1.94 bits per heavy atom. The minimum Gasteiger partial charge on any atom is -0.371 e. The Labute approximate surface area is 95.1 Å². The molecule has 0 saturated carbocycles. The molecule has 0 unspecified atom stereocenters. The number of aldehydes is 1. The Morgan fingerprint density at radius 1 is 1.31 bits per heavy atom. The largest absolute Gasteiger partial charge is 0.371 e. The predicted octanol–water partition coefficient (Wildman–Crippen LogP) is 2.83. The Bertz CT molecular complexity index is 379. The van der Waals surface area contributed by atoms with Crippen LogP contribution >= 0.6 is 0 Å². The standard InChI is InChI=1S/C13H16FNO/c1-13(14)6-8-15(9-7-13)12-5-3-2-4-11(12)10-16/h2-5,10H,6-9H2,1H3. The van der Waals surface area contributed by atoms with Gasteiger partial charge in [0.25, 0.3) is 0 Å². The molecule has 16 heavy (non-hydrogen) atoms. The van der Waals surface area contributed by atoms with E-state index in [2.05, 4.69) is 4.90 Å². The van der Waals surface area contributed by atoms with Crippen LogP contribution in [0, 0.1) is 0 Å². The molecular weight excluding hydrogens is 205 g/mol. The van der Waals surface area contributed by atoms with Gasteiger partial charge in [-0.15, -0.1) is 0 Å². The van der Waals surface area contributed by atoms with Gasteiger partial charge in [-0.1, -0.05) is 12.1 Å². The molecular formula is C13H16FNO. The highest BCUT2D eigenvalue weighted by Crippen LogP contribution is 2.29. The van der Waals surface area contributed by atoms with Crippen molar-refractivity contribution in [1.29, 1.82) is 0 Å². The van der Waals surface area contributed by atoms with Crippen molar-refractivity contribution in [3.63, 3.8) is 0 Å². The van der Waals surface area contributed by atoms with Crippen LogP contribution in [-0.4, -0.2) is 25.0 Å². The molecule has 0 aliphatic carbocycles. The highest BCUT2D eigenvalue weighted by molar-refractivity contribution is 5.84. The number of nitrogens with zero attached hydrogens (tertiary/aromatic N) is 1.